The zero-order valence-electron chi connectivity index (χ0n) is 11.3. The molecule has 0 atom stereocenters. The Hall–Kier alpha value is -2.90. The first kappa shape index (κ1) is 13.1. The second-order valence-corrected chi connectivity index (χ2v) is 4.62. The third-order valence-corrected chi connectivity index (χ3v) is 3.28. The Morgan fingerprint density at radius 3 is 2.90 bits per heavy atom. The van der Waals surface area contributed by atoms with Crippen molar-refractivity contribution < 1.29 is 9.47 Å². The molecule has 0 saturated carbocycles. The van der Waals surface area contributed by atoms with Crippen molar-refractivity contribution in [3.05, 3.63) is 44.6 Å². The molecule has 0 radical (unpaired) electrons. The number of anilines is 2. The fourth-order valence-electron chi connectivity index (χ4n) is 2.05. The van der Waals surface area contributed by atoms with E-state index in [9.17, 15) is 9.59 Å². The predicted octanol–water partition coefficient (Wildman–Crippen LogP) is -0.00340. The molecule has 0 amide bonds. The number of hydrogen-bond acceptors (Lipinski definition) is 6. The minimum atomic E-state index is -0.550. The standard InChI is InChI=1S/C13H14N4O4/c1-17-11(14)10(12(18)16-13(17)19)15-5-7-2-3-8-9(4-7)21-6-20-8/h2-4,15H,5-6,14H2,1H3,(H,16,18,19). The van der Waals surface area contributed by atoms with Crippen molar-refractivity contribution in [2.24, 2.45) is 7.05 Å². The van der Waals surface area contributed by atoms with Gasteiger partial charge in [-0.15, -0.1) is 0 Å². The summed E-state index contributed by atoms with van der Waals surface area (Å²) in [7, 11) is 1.49. The summed E-state index contributed by atoms with van der Waals surface area (Å²) in [6, 6.07) is 5.47. The zero-order chi connectivity index (χ0) is 15.0. The Bertz CT molecular complexity index is 809. The minimum Gasteiger partial charge on any atom is -0.454 e. The summed E-state index contributed by atoms with van der Waals surface area (Å²) in [4.78, 5) is 25.3. The number of ether oxygens (including phenoxy) is 2. The van der Waals surface area contributed by atoms with Crippen molar-refractivity contribution in [2.75, 3.05) is 17.8 Å². The van der Waals surface area contributed by atoms with Gasteiger partial charge in [-0.05, 0) is 17.7 Å². The summed E-state index contributed by atoms with van der Waals surface area (Å²) in [5, 5.41) is 2.93. The Morgan fingerprint density at radius 1 is 1.33 bits per heavy atom. The first-order valence-corrected chi connectivity index (χ1v) is 6.27. The Morgan fingerprint density at radius 2 is 2.10 bits per heavy atom. The number of nitrogen functional groups attached to an aromatic ring is 1. The van der Waals surface area contributed by atoms with Gasteiger partial charge >= 0.3 is 5.69 Å². The van der Waals surface area contributed by atoms with Gasteiger partial charge in [0.1, 0.15) is 11.5 Å². The topological polar surface area (TPSA) is 111 Å². The summed E-state index contributed by atoms with van der Waals surface area (Å²) >= 11 is 0. The molecule has 0 unspecified atom stereocenters. The molecule has 8 nitrogen and oxygen atoms in total. The second-order valence-electron chi connectivity index (χ2n) is 4.62. The second kappa shape index (κ2) is 4.89. The van der Waals surface area contributed by atoms with Gasteiger partial charge in [0.2, 0.25) is 6.79 Å². The minimum absolute atomic E-state index is 0.0875. The molecule has 1 aliphatic rings. The van der Waals surface area contributed by atoms with E-state index in [1.54, 1.807) is 6.07 Å². The maximum atomic E-state index is 11.8. The van der Waals surface area contributed by atoms with Gasteiger partial charge in [-0.25, -0.2) is 4.79 Å². The van der Waals surface area contributed by atoms with Crippen LogP contribution in [0.2, 0.25) is 0 Å². The van der Waals surface area contributed by atoms with Gasteiger partial charge in [0, 0.05) is 13.6 Å². The molecular weight excluding hydrogens is 276 g/mol. The van der Waals surface area contributed by atoms with Crippen LogP contribution < -0.4 is 31.8 Å². The van der Waals surface area contributed by atoms with Crippen LogP contribution in [0, 0.1) is 0 Å². The van der Waals surface area contributed by atoms with E-state index in [0.29, 0.717) is 18.0 Å². The molecule has 1 aliphatic heterocycles. The van der Waals surface area contributed by atoms with Crippen LogP contribution in [0.25, 0.3) is 0 Å². The van der Waals surface area contributed by atoms with E-state index in [4.69, 9.17) is 15.2 Å². The van der Waals surface area contributed by atoms with Crippen LogP contribution in [0.15, 0.2) is 27.8 Å². The normalized spacial score (nSPS) is 12.4. The van der Waals surface area contributed by atoms with Gasteiger partial charge in [0.05, 0.1) is 0 Å². The molecular formula is C13H14N4O4. The summed E-state index contributed by atoms with van der Waals surface area (Å²) in [6.45, 7) is 0.571. The third kappa shape index (κ3) is 2.31. The smallest absolute Gasteiger partial charge is 0.329 e. The molecule has 0 saturated heterocycles. The lowest BCUT2D eigenvalue weighted by atomic mass is 10.2. The highest BCUT2D eigenvalue weighted by atomic mass is 16.7. The van der Waals surface area contributed by atoms with Gasteiger partial charge in [-0.2, -0.15) is 0 Å². The fourth-order valence-corrected chi connectivity index (χ4v) is 2.05. The quantitative estimate of drug-likeness (QED) is 0.733. The largest absolute Gasteiger partial charge is 0.454 e. The molecule has 1 aromatic heterocycles. The SMILES string of the molecule is Cn1c(N)c(NCc2ccc3c(c2)OCO3)c(=O)[nH]c1=O. The molecule has 0 fully saturated rings. The summed E-state index contributed by atoms with van der Waals surface area (Å²) < 4.78 is 11.7. The number of fused-ring (bicyclic) bond motifs is 1. The van der Waals surface area contributed by atoms with E-state index in [2.05, 4.69) is 10.3 Å². The van der Waals surface area contributed by atoms with Gasteiger partial charge in [0.25, 0.3) is 5.56 Å². The molecule has 0 aliphatic carbocycles. The molecule has 21 heavy (non-hydrogen) atoms. The maximum Gasteiger partial charge on any atom is 0.329 e. The molecule has 110 valence electrons. The third-order valence-electron chi connectivity index (χ3n) is 3.28. The number of aromatic nitrogens is 2. The first-order chi connectivity index (χ1) is 10.1. The number of nitrogens with zero attached hydrogens (tertiary/aromatic N) is 1. The van der Waals surface area contributed by atoms with Crippen molar-refractivity contribution in [1.29, 1.82) is 0 Å². The van der Waals surface area contributed by atoms with Gasteiger partial charge < -0.3 is 20.5 Å². The van der Waals surface area contributed by atoms with Crippen LogP contribution in [0.4, 0.5) is 11.5 Å². The Kier molecular flexibility index (Phi) is 3.05. The maximum absolute atomic E-state index is 11.8. The monoisotopic (exact) mass is 290 g/mol. The van der Waals surface area contributed by atoms with Crippen LogP contribution in [0.3, 0.4) is 0 Å². The van der Waals surface area contributed by atoms with E-state index < -0.39 is 11.2 Å². The number of hydrogen-bond donors (Lipinski definition) is 3. The lowest BCUT2D eigenvalue weighted by Gasteiger charge is -2.11. The lowest BCUT2D eigenvalue weighted by Crippen LogP contribution is -2.32. The number of rotatable bonds is 3. The van der Waals surface area contributed by atoms with Gasteiger partial charge in [-0.1, -0.05) is 6.07 Å². The highest BCUT2D eigenvalue weighted by Gasteiger charge is 2.14. The van der Waals surface area contributed by atoms with Crippen LogP contribution in [-0.2, 0) is 13.6 Å². The van der Waals surface area contributed by atoms with Crippen molar-refractivity contribution >= 4 is 11.5 Å². The zero-order valence-corrected chi connectivity index (χ0v) is 11.3. The number of aromatic amines is 1. The molecule has 3 rings (SSSR count). The molecule has 0 bridgehead atoms. The van der Waals surface area contributed by atoms with Gasteiger partial charge in [-0.3, -0.25) is 14.3 Å². The Balaban J connectivity index is 1.84. The summed E-state index contributed by atoms with van der Waals surface area (Å²) in [5.74, 6) is 1.44. The summed E-state index contributed by atoms with van der Waals surface area (Å²) in [5.41, 5.74) is 5.74. The molecule has 2 heterocycles. The average molecular weight is 290 g/mol. The molecule has 0 spiro atoms. The average Bonchev–Trinajstić information content (AvgIpc) is 2.92. The van der Waals surface area contributed by atoms with Crippen LogP contribution in [-0.4, -0.2) is 16.3 Å². The van der Waals surface area contributed by atoms with E-state index in [1.807, 2.05) is 12.1 Å². The van der Waals surface area contributed by atoms with Crippen LogP contribution in [0.1, 0.15) is 5.56 Å². The molecule has 8 heteroatoms. The lowest BCUT2D eigenvalue weighted by molar-refractivity contribution is 0.174. The molecule has 4 N–H and O–H groups in total. The summed E-state index contributed by atoms with van der Waals surface area (Å²) in [6.07, 6.45) is 0. The van der Waals surface area contributed by atoms with Crippen molar-refractivity contribution in [1.82, 2.24) is 9.55 Å². The van der Waals surface area contributed by atoms with E-state index in [0.717, 1.165) is 5.56 Å². The van der Waals surface area contributed by atoms with Gasteiger partial charge in [0.15, 0.2) is 11.5 Å². The van der Waals surface area contributed by atoms with E-state index in [-0.39, 0.29) is 18.3 Å². The number of nitrogens with one attached hydrogen (secondary N) is 2. The van der Waals surface area contributed by atoms with Crippen molar-refractivity contribution in [3.8, 4) is 11.5 Å². The van der Waals surface area contributed by atoms with Crippen molar-refractivity contribution in [3.63, 3.8) is 0 Å². The predicted molar refractivity (Wildman–Crippen MR) is 76.6 cm³/mol. The number of benzene rings is 1. The van der Waals surface area contributed by atoms with E-state index >= 15 is 0 Å². The number of nitrogens with two attached hydrogens (primary N) is 1. The highest BCUT2D eigenvalue weighted by molar-refractivity contribution is 5.60. The Labute approximate surface area is 119 Å². The molecule has 2 aromatic rings. The van der Waals surface area contributed by atoms with Crippen LogP contribution >= 0.6 is 0 Å². The fraction of sp³-hybridized carbons (Fsp3) is 0.231. The van der Waals surface area contributed by atoms with Crippen LogP contribution in [0.5, 0.6) is 11.5 Å². The molecule has 1 aromatic carbocycles. The van der Waals surface area contributed by atoms with E-state index in [1.165, 1.54) is 11.6 Å². The first-order valence-electron chi connectivity index (χ1n) is 6.27. The highest BCUT2D eigenvalue weighted by Crippen LogP contribution is 2.32. The number of H-pyrrole nitrogens is 1. The van der Waals surface area contributed by atoms with Crippen molar-refractivity contribution in [2.45, 2.75) is 6.54 Å².